The molecule has 2 aliphatic rings. The van der Waals surface area contributed by atoms with Gasteiger partial charge in [0.05, 0.1) is 5.69 Å². The van der Waals surface area contributed by atoms with Crippen LogP contribution in [0, 0.1) is 11.7 Å². The number of nitrogens with one attached hydrogen (secondary N) is 3. The van der Waals surface area contributed by atoms with Gasteiger partial charge in [-0.2, -0.15) is 0 Å². The second-order valence-electron chi connectivity index (χ2n) is 6.28. The summed E-state index contributed by atoms with van der Waals surface area (Å²) in [5.74, 6) is -1.43. The van der Waals surface area contributed by atoms with Gasteiger partial charge in [-0.15, -0.1) is 0 Å². The number of anilines is 2. The number of halogens is 1. The molecule has 8 nitrogen and oxygen atoms in total. The van der Waals surface area contributed by atoms with E-state index < -0.39 is 23.8 Å². The molecule has 0 radical (unpaired) electrons. The van der Waals surface area contributed by atoms with E-state index >= 15 is 0 Å². The Bertz CT molecular complexity index is 737. The van der Waals surface area contributed by atoms with Crippen LogP contribution in [0.5, 0.6) is 5.75 Å². The first-order valence-corrected chi connectivity index (χ1v) is 7.98. The number of nitrogens with zero attached hydrogens (tertiary/aromatic N) is 1. The van der Waals surface area contributed by atoms with Crippen molar-refractivity contribution in [2.75, 3.05) is 30.3 Å². The van der Waals surface area contributed by atoms with Crippen LogP contribution in [0.4, 0.5) is 20.6 Å². The van der Waals surface area contributed by atoms with Crippen molar-refractivity contribution in [3.05, 3.63) is 17.9 Å². The van der Waals surface area contributed by atoms with Crippen molar-refractivity contribution < 1.29 is 23.5 Å². The van der Waals surface area contributed by atoms with Crippen molar-refractivity contribution in [1.82, 2.24) is 10.2 Å². The van der Waals surface area contributed by atoms with Crippen LogP contribution in [0.2, 0.25) is 0 Å². The maximum absolute atomic E-state index is 14.1. The maximum atomic E-state index is 14.1. The molecule has 1 aromatic carbocycles. The Labute approximate surface area is 143 Å². The highest BCUT2D eigenvalue weighted by atomic mass is 19.1. The van der Waals surface area contributed by atoms with Gasteiger partial charge in [-0.3, -0.25) is 9.59 Å². The predicted octanol–water partition coefficient (Wildman–Crippen LogP) is 1.14. The molecule has 0 saturated carbocycles. The molecule has 0 spiro atoms. The molecule has 0 aromatic heterocycles. The Morgan fingerprint density at radius 1 is 1.40 bits per heavy atom. The number of amides is 4. The summed E-state index contributed by atoms with van der Waals surface area (Å²) in [5, 5.41) is 7.81. The molecule has 3 rings (SSSR count). The fourth-order valence-electron chi connectivity index (χ4n) is 3.00. The van der Waals surface area contributed by atoms with Crippen molar-refractivity contribution in [3.8, 4) is 5.75 Å². The van der Waals surface area contributed by atoms with Gasteiger partial charge >= 0.3 is 6.03 Å². The van der Waals surface area contributed by atoms with E-state index in [4.69, 9.17) is 4.74 Å². The molecule has 1 aromatic rings. The SMILES string of the molecule is CC(C)C1C(=O)NCCN1C(=O)Nc1cc(F)c2c(c1)NC(=O)CO2. The summed E-state index contributed by atoms with van der Waals surface area (Å²) in [6, 6.07) is 1.43. The van der Waals surface area contributed by atoms with Gasteiger partial charge in [0.1, 0.15) is 6.04 Å². The highest BCUT2D eigenvalue weighted by molar-refractivity contribution is 5.98. The Kier molecular flexibility index (Phi) is 4.47. The number of carbonyl (C=O) groups excluding carboxylic acids is 3. The lowest BCUT2D eigenvalue weighted by Crippen LogP contribution is -2.60. The third-order valence-electron chi connectivity index (χ3n) is 4.07. The van der Waals surface area contributed by atoms with Gasteiger partial charge in [0.2, 0.25) is 5.91 Å². The van der Waals surface area contributed by atoms with Gasteiger partial charge < -0.3 is 25.6 Å². The largest absolute Gasteiger partial charge is 0.478 e. The van der Waals surface area contributed by atoms with E-state index in [1.54, 1.807) is 0 Å². The number of carbonyl (C=O) groups is 3. The van der Waals surface area contributed by atoms with Crippen LogP contribution in [-0.2, 0) is 9.59 Å². The third kappa shape index (κ3) is 3.35. The normalized spacial score (nSPS) is 19.7. The van der Waals surface area contributed by atoms with E-state index in [9.17, 15) is 18.8 Å². The molecule has 1 unspecified atom stereocenters. The summed E-state index contributed by atoms with van der Waals surface area (Å²) in [5.41, 5.74) is 0.323. The monoisotopic (exact) mass is 350 g/mol. The smallest absolute Gasteiger partial charge is 0.322 e. The highest BCUT2D eigenvalue weighted by Gasteiger charge is 2.35. The second kappa shape index (κ2) is 6.58. The number of hydrogen-bond donors (Lipinski definition) is 3. The Hall–Kier alpha value is -2.84. The van der Waals surface area contributed by atoms with E-state index in [-0.39, 0.29) is 35.6 Å². The zero-order valence-corrected chi connectivity index (χ0v) is 13.9. The molecule has 2 heterocycles. The molecule has 1 atom stereocenters. The fraction of sp³-hybridized carbons (Fsp3) is 0.438. The van der Waals surface area contributed by atoms with Crippen molar-refractivity contribution in [2.24, 2.45) is 5.92 Å². The predicted molar refractivity (Wildman–Crippen MR) is 87.9 cm³/mol. The molecule has 1 saturated heterocycles. The minimum atomic E-state index is -0.690. The van der Waals surface area contributed by atoms with E-state index in [0.29, 0.717) is 13.1 Å². The molecule has 25 heavy (non-hydrogen) atoms. The number of benzene rings is 1. The second-order valence-corrected chi connectivity index (χ2v) is 6.28. The molecular formula is C16H19FN4O4. The Morgan fingerprint density at radius 3 is 2.88 bits per heavy atom. The van der Waals surface area contributed by atoms with Crippen LogP contribution in [0.3, 0.4) is 0 Å². The van der Waals surface area contributed by atoms with Crippen LogP contribution in [0.15, 0.2) is 12.1 Å². The summed E-state index contributed by atoms with van der Waals surface area (Å²) in [6.45, 7) is 4.16. The van der Waals surface area contributed by atoms with Gasteiger partial charge in [-0.25, -0.2) is 9.18 Å². The first-order valence-electron chi connectivity index (χ1n) is 7.98. The molecule has 9 heteroatoms. The maximum Gasteiger partial charge on any atom is 0.322 e. The average molecular weight is 350 g/mol. The molecule has 4 amide bonds. The lowest BCUT2D eigenvalue weighted by Gasteiger charge is -2.37. The first kappa shape index (κ1) is 17.0. The molecule has 0 bridgehead atoms. The van der Waals surface area contributed by atoms with Gasteiger partial charge in [0, 0.05) is 24.8 Å². The average Bonchev–Trinajstić information content (AvgIpc) is 2.53. The summed E-state index contributed by atoms with van der Waals surface area (Å²) < 4.78 is 19.2. The van der Waals surface area contributed by atoms with E-state index in [0.717, 1.165) is 6.07 Å². The number of ether oxygens (including phenoxy) is 1. The fourth-order valence-corrected chi connectivity index (χ4v) is 3.00. The summed E-state index contributed by atoms with van der Waals surface area (Å²) in [6.07, 6.45) is 0. The van der Waals surface area contributed by atoms with Gasteiger partial charge in [-0.1, -0.05) is 13.8 Å². The van der Waals surface area contributed by atoms with Crippen molar-refractivity contribution in [3.63, 3.8) is 0 Å². The standard InChI is InChI=1S/C16H19FN4O4/c1-8(2)13-15(23)18-3-4-21(13)16(24)19-9-5-10(17)14-11(6-9)20-12(22)7-25-14/h5-6,8,13H,3-4,7H2,1-2H3,(H,18,23)(H,19,24)(H,20,22). The molecule has 1 fully saturated rings. The number of urea groups is 1. The van der Waals surface area contributed by atoms with Crippen LogP contribution in [-0.4, -0.2) is 48.5 Å². The van der Waals surface area contributed by atoms with Crippen molar-refractivity contribution in [2.45, 2.75) is 19.9 Å². The van der Waals surface area contributed by atoms with E-state index in [1.807, 2.05) is 13.8 Å². The van der Waals surface area contributed by atoms with Crippen LogP contribution >= 0.6 is 0 Å². The zero-order chi connectivity index (χ0) is 18.1. The quantitative estimate of drug-likeness (QED) is 0.745. The molecular weight excluding hydrogens is 331 g/mol. The first-order chi connectivity index (χ1) is 11.9. The number of rotatable bonds is 2. The van der Waals surface area contributed by atoms with Crippen LogP contribution in [0.1, 0.15) is 13.8 Å². The van der Waals surface area contributed by atoms with Gasteiger partial charge in [0.15, 0.2) is 18.2 Å². The number of fused-ring (bicyclic) bond motifs is 1. The zero-order valence-electron chi connectivity index (χ0n) is 13.9. The minimum Gasteiger partial charge on any atom is -0.478 e. The number of piperazine rings is 1. The van der Waals surface area contributed by atoms with Gasteiger partial charge in [0.25, 0.3) is 5.91 Å². The molecule has 134 valence electrons. The van der Waals surface area contributed by atoms with E-state index in [1.165, 1.54) is 11.0 Å². The molecule has 2 aliphatic heterocycles. The topological polar surface area (TPSA) is 99.8 Å². The summed E-state index contributed by atoms with van der Waals surface area (Å²) in [7, 11) is 0. The Balaban J connectivity index is 1.81. The van der Waals surface area contributed by atoms with E-state index in [2.05, 4.69) is 16.0 Å². The third-order valence-corrected chi connectivity index (χ3v) is 4.07. The number of hydrogen-bond acceptors (Lipinski definition) is 4. The lowest BCUT2D eigenvalue weighted by atomic mass is 10.00. The van der Waals surface area contributed by atoms with Crippen LogP contribution < -0.4 is 20.7 Å². The highest BCUT2D eigenvalue weighted by Crippen LogP contribution is 2.34. The lowest BCUT2D eigenvalue weighted by molar-refractivity contribution is -0.129. The molecule has 0 aliphatic carbocycles. The van der Waals surface area contributed by atoms with Crippen molar-refractivity contribution >= 4 is 29.2 Å². The van der Waals surface area contributed by atoms with Crippen LogP contribution in [0.25, 0.3) is 0 Å². The van der Waals surface area contributed by atoms with Crippen molar-refractivity contribution in [1.29, 1.82) is 0 Å². The summed E-state index contributed by atoms with van der Waals surface area (Å²) >= 11 is 0. The minimum absolute atomic E-state index is 0.0602. The molecule has 3 N–H and O–H groups in total. The summed E-state index contributed by atoms with van der Waals surface area (Å²) in [4.78, 5) is 37.4. The Morgan fingerprint density at radius 2 is 2.16 bits per heavy atom. The van der Waals surface area contributed by atoms with Gasteiger partial charge in [-0.05, 0) is 12.0 Å².